The third-order valence-electron chi connectivity index (χ3n) is 7.49. The van der Waals surface area contributed by atoms with Gasteiger partial charge in [-0.15, -0.1) is 0 Å². The molecule has 0 fully saturated rings. The normalized spacial score (nSPS) is 12.1. The molecule has 2 heteroatoms. The summed E-state index contributed by atoms with van der Waals surface area (Å²) in [6, 6.07) is 37.0. The molecular formula is C36H38N2. The van der Waals surface area contributed by atoms with E-state index in [4.69, 9.17) is 4.98 Å². The summed E-state index contributed by atoms with van der Waals surface area (Å²) in [6.07, 6.45) is 3.16. The average Bonchev–Trinajstić information content (AvgIpc) is 2.96. The average molecular weight is 499 g/mol. The van der Waals surface area contributed by atoms with E-state index < -0.39 is 0 Å². The van der Waals surface area contributed by atoms with E-state index >= 15 is 0 Å². The minimum absolute atomic E-state index is 0.0631. The minimum Gasteiger partial charge on any atom is -0.372 e. The first kappa shape index (κ1) is 25.7. The highest BCUT2D eigenvalue weighted by molar-refractivity contribution is 5.95. The Balaban J connectivity index is 1.68. The smallest absolute Gasteiger partial charge is 0.0943 e. The number of para-hydroxylation sites is 1. The third-order valence-corrected chi connectivity index (χ3v) is 7.49. The van der Waals surface area contributed by atoms with Crippen molar-refractivity contribution >= 4 is 16.5 Å². The second kappa shape index (κ2) is 11.6. The standard InChI is InChI=1S/C36H38N2/c1-5-14-28-18-11-16-26(6-2)35(28)38-36(32-21-10-9-19-29(32)25(3)4)34-24-13-23-33(37-34)31-22-12-17-27-15-7-8-20-30(27)31/h7-13,15-25,36,38H,5-6,14H2,1-4H3. The summed E-state index contributed by atoms with van der Waals surface area (Å²) in [6.45, 7) is 9.05. The second-order valence-electron chi connectivity index (χ2n) is 10.4. The van der Waals surface area contributed by atoms with E-state index in [9.17, 15) is 0 Å². The van der Waals surface area contributed by atoms with Crippen LogP contribution in [0.15, 0.2) is 103 Å². The number of fused-ring (bicyclic) bond motifs is 1. The zero-order chi connectivity index (χ0) is 26.5. The number of aromatic nitrogens is 1. The number of pyridine rings is 1. The summed E-state index contributed by atoms with van der Waals surface area (Å²) in [5, 5.41) is 6.50. The molecule has 0 aliphatic heterocycles. The number of nitrogens with zero attached hydrogens (tertiary/aromatic N) is 1. The van der Waals surface area contributed by atoms with Gasteiger partial charge in [-0.2, -0.15) is 0 Å². The highest BCUT2D eigenvalue weighted by atomic mass is 15.0. The summed E-state index contributed by atoms with van der Waals surface area (Å²) >= 11 is 0. The number of anilines is 1. The van der Waals surface area contributed by atoms with E-state index in [-0.39, 0.29) is 6.04 Å². The van der Waals surface area contributed by atoms with Gasteiger partial charge in [0.1, 0.15) is 0 Å². The van der Waals surface area contributed by atoms with Gasteiger partial charge in [-0.05, 0) is 63.9 Å². The van der Waals surface area contributed by atoms with Gasteiger partial charge < -0.3 is 5.32 Å². The molecule has 0 saturated carbocycles. The Morgan fingerprint density at radius 3 is 2.16 bits per heavy atom. The lowest BCUT2D eigenvalue weighted by Gasteiger charge is -2.27. The molecule has 38 heavy (non-hydrogen) atoms. The molecule has 0 bridgehead atoms. The van der Waals surface area contributed by atoms with E-state index in [0.29, 0.717) is 5.92 Å². The van der Waals surface area contributed by atoms with Crippen LogP contribution in [-0.2, 0) is 12.8 Å². The van der Waals surface area contributed by atoms with Gasteiger partial charge in [0.2, 0.25) is 0 Å². The SMILES string of the molecule is CCCc1cccc(CC)c1NC(c1cccc(-c2cccc3ccccc23)n1)c1ccccc1C(C)C. The first-order chi connectivity index (χ1) is 18.6. The second-order valence-corrected chi connectivity index (χ2v) is 10.4. The monoisotopic (exact) mass is 498 g/mol. The Bertz CT molecular complexity index is 1530. The Hall–Kier alpha value is -3.91. The lowest BCUT2D eigenvalue weighted by Crippen LogP contribution is -2.18. The fourth-order valence-electron chi connectivity index (χ4n) is 5.58. The fraction of sp³-hybridized carbons (Fsp3) is 0.250. The van der Waals surface area contributed by atoms with Crippen molar-refractivity contribution < 1.29 is 0 Å². The maximum atomic E-state index is 5.34. The zero-order valence-corrected chi connectivity index (χ0v) is 23.0. The number of aryl methyl sites for hydroxylation is 2. The van der Waals surface area contributed by atoms with Gasteiger partial charge in [0, 0.05) is 11.3 Å². The number of benzene rings is 4. The minimum atomic E-state index is -0.0631. The van der Waals surface area contributed by atoms with Gasteiger partial charge in [0.15, 0.2) is 0 Å². The van der Waals surface area contributed by atoms with E-state index in [1.807, 2.05) is 0 Å². The van der Waals surface area contributed by atoms with Crippen LogP contribution in [0, 0.1) is 0 Å². The van der Waals surface area contributed by atoms with Gasteiger partial charge in [-0.1, -0.05) is 125 Å². The largest absolute Gasteiger partial charge is 0.372 e. The van der Waals surface area contributed by atoms with E-state index in [1.54, 1.807) is 0 Å². The molecular weight excluding hydrogens is 460 g/mol. The van der Waals surface area contributed by atoms with Crippen LogP contribution >= 0.6 is 0 Å². The first-order valence-corrected chi connectivity index (χ1v) is 14.0. The number of hydrogen-bond donors (Lipinski definition) is 1. The maximum absolute atomic E-state index is 5.34. The Labute approximate surface area is 227 Å². The topological polar surface area (TPSA) is 24.9 Å². The summed E-state index contributed by atoms with van der Waals surface area (Å²) in [4.78, 5) is 5.34. The van der Waals surface area contributed by atoms with Crippen LogP contribution in [-0.4, -0.2) is 4.98 Å². The summed E-state index contributed by atoms with van der Waals surface area (Å²) in [7, 11) is 0. The van der Waals surface area contributed by atoms with Crippen molar-refractivity contribution in [1.29, 1.82) is 0 Å². The van der Waals surface area contributed by atoms with Gasteiger partial charge in [-0.25, -0.2) is 0 Å². The fourth-order valence-corrected chi connectivity index (χ4v) is 5.58. The summed E-state index contributed by atoms with van der Waals surface area (Å²) in [5.41, 5.74) is 9.85. The van der Waals surface area contributed by atoms with Crippen molar-refractivity contribution in [1.82, 2.24) is 4.98 Å². The van der Waals surface area contributed by atoms with Crippen LogP contribution in [0.2, 0.25) is 0 Å². The molecule has 0 radical (unpaired) electrons. The predicted molar refractivity (Wildman–Crippen MR) is 163 cm³/mol. The van der Waals surface area contributed by atoms with Crippen molar-refractivity contribution in [3.63, 3.8) is 0 Å². The van der Waals surface area contributed by atoms with Crippen molar-refractivity contribution in [2.45, 2.75) is 58.9 Å². The summed E-state index contributed by atoms with van der Waals surface area (Å²) in [5.74, 6) is 0.410. The highest BCUT2D eigenvalue weighted by Gasteiger charge is 2.23. The predicted octanol–water partition coefficient (Wildman–Crippen LogP) is 9.74. The van der Waals surface area contributed by atoms with Crippen LogP contribution in [0.4, 0.5) is 5.69 Å². The third kappa shape index (κ3) is 5.22. The molecule has 0 amide bonds. The van der Waals surface area contributed by atoms with Gasteiger partial charge in [-0.3, -0.25) is 4.98 Å². The van der Waals surface area contributed by atoms with Crippen molar-refractivity contribution in [2.24, 2.45) is 0 Å². The molecule has 1 aromatic heterocycles. The Morgan fingerprint density at radius 1 is 0.684 bits per heavy atom. The molecule has 5 rings (SSSR count). The van der Waals surface area contributed by atoms with Crippen molar-refractivity contribution in [2.75, 3.05) is 5.32 Å². The lowest BCUT2D eigenvalue weighted by molar-refractivity contribution is 0.801. The number of nitrogens with one attached hydrogen (secondary N) is 1. The molecule has 1 unspecified atom stereocenters. The molecule has 1 heterocycles. The van der Waals surface area contributed by atoms with E-state index in [2.05, 4.69) is 136 Å². The molecule has 0 spiro atoms. The zero-order valence-electron chi connectivity index (χ0n) is 23.0. The van der Waals surface area contributed by atoms with E-state index in [1.165, 1.54) is 44.3 Å². The molecule has 1 N–H and O–H groups in total. The molecule has 2 nitrogen and oxygen atoms in total. The molecule has 4 aromatic carbocycles. The van der Waals surface area contributed by atoms with Crippen molar-refractivity contribution in [3.8, 4) is 11.3 Å². The highest BCUT2D eigenvalue weighted by Crippen LogP contribution is 2.36. The van der Waals surface area contributed by atoms with Crippen LogP contribution in [0.5, 0.6) is 0 Å². The quantitative estimate of drug-likeness (QED) is 0.219. The maximum Gasteiger partial charge on any atom is 0.0943 e. The van der Waals surface area contributed by atoms with Crippen LogP contribution in [0.25, 0.3) is 22.0 Å². The van der Waals surface area contributed by atoms with E-state index in [0.717, 1.165) is 30.7 Å². The summed E-state index contributed by atoms with van der Waals surface area (Å²) < 4.78 is 0. The number of hydrogen-bond acceptors (Lipinski definition) is 2. The molecule has 5 aromatic rings. The molecule has 0 aliphatic rings. The first-order valence-electron chi connectivity index (χ1n) is 14.0. The molecule has 192 valence electrons. The van der Waals surface area contributed by atoms with Crippen molar-refractivity contribution in [3.05, 3.63) is 131 Å². The van der Waals surface area contributed by atoms with Gasteiger partial charge >= 0.3 is 0 Å². The van der Waals surface area contributed by atoms with Crippen LogP contribution in [0.1, 0.15) is 74.0 Å². The number of rotatable bonds is 9. The van der Waals surface area contributed by atoms with Gasteiger partial charge in [0.05, 0.1) is 17.4 Å². The van der Waals surface area contributed by atoms with Gasteiger partial charge in [0.25, 0.3) is 0 Å². The Morgan fingerprint density at radius 2 is 1.37 bits per heavy atom. The van der Waals surface area contributed by atoms with Crippen LogP contribution in [0.3, 0.4) is 0 Å². The molecule has 0 aliphatic carbocycles. The van der Waals surface area contributed by atoms with Crippen LogP contribution < -0.4 is 5.32 Å². The molecule has 0 saturated heterocycles. The lowest BCUT2D eigenvalue weighted by atomic mass is 9.90. The Kier molecular flexibility index (Phi) is 7.89. The molecule has 1 atom stereocenters.